The van der Waals surface area contributed by atoms with Gasteiger partial charge in [-0.3, -0.25) is 4.79 Å². The van der Waals surface area contributed by atoms with E-state index < -0.39 is 0 Å². The van der Waals surface area contributed by atoms with E-state index in [1.807, 2.05) is 0 Å². The number of carbonyl (C=O) groups is 1. The fourth-order valence-electron chi connectivity index (χ4n) is 0.563. The van der Waals surface area contributed by atoms with Gasteiger partial charge >= 0.3 is 5.97 Å². The summed E-state index contributed by atoms with van der Waals surface area (Å²) in [5, 5.41) is 0. The Morgan fingerprint density at radius 1 is 1.80 bits per heavy atom. The Morgan fingerprint density at radius 3 is 2.70 bits per heavy atom. The standard InChI is InChI=1S/C7H11O3/c1-5(2)7(8)10-6-3-9-4-6/h5-6H,1,3-4H2,2H3. The fourth-order valence-corrected chi connectivity index (χ4v) is 0.563. The fraction of sp³-hybridized carbons (Fsp3) is 0.714. The normalized spacial score (nSPS) is 18.7. The minimum Gasteiger partial charge on any atom is -0.457 e. The minimum absolute atomic E-state index is 0.0169. The van der Waals surface area contributed by atoms with Crippen LogP contribution in [-0.4, -0.2) is 25.3 Å². The van der Waals surface area contributed by atoms with Crippen molar-refractivity contribution in [3.05, 3.63) is 6.92 Å². The lowest BCUT2D eigenvalue weighted by molar-refractivity contribution is -0.174. The van der Waals surface area contributed by atoms with Crippen LogP contribution in [0.5, 0.6) is 0 Å². The van der Waals surface area contributed by atoms with Crippen LogP contribution in [0.15, 0.2) is 0 Å². The topological polar surface area (TPSA) is 35.5 Å². The Labute approximate surface area is 60.3 Å². The molecule has 10 heavy (non-hydrogen) atoms. The molecule has 1 aliphatic heterocycles. The van der Waals surface area contributed by atoms with Crippen molar-refractivity contribution in [2.24, 2.45) is 5.92 Å². The Balaban J connectivity index is 2.17. The van der Waals surface area contributed by atoms with Gasteiger partial charge in [0.1, 0.15) is 6.10 Å². The van der Waals surface area contributed by atoms with Crippen LogP contribution in [0.25, 0.3) is 0 Å². The molecule has 0 aromatic heterocycles. The Hall–Kier alpha value is -0.570. The molecular weight excluding hydrogens is 132 g/mol. The van der Waals surface area contributed by atoms with E-state index in [0.717, 1.165) is 0 Å². The van der Waals surface area contributed by atoms with Crippen LogP contribution in [0.2, 0.25) is 0 Å². The van der Waals surface area contributed by atoms with Crippen LogP contribution in [0, 0.1) is 12.8 Å². The van der Waals surface area contributed by atoms with Crippen molar-refractivity contribution in [3.8, 4) is 0 Å². The summed E-state index contributed by atoms with van der Waals surface area (Å²) in [5.41, 5.74) is 0. The molecular formula is C7H11O3. The molecule has 0 aromatic carbocycles. The van der Waals surface area contributed by atoms with Gasteiger partial charge in [0.15, 0.2) is 0 Å². The Kier molecular flexibility index (Phi) is 2.27. The molecule has 1 fully saturated rings. The second-order valence-electron chi connectivity index (χ2n) is 2.50. The van der Waals surface area contributed by atoms with Crippen molar-refractivity contribution in [1.82, 2.24) is 0 Å². The van der Waals surface area contributed by atoms with Crippen molar-refractivity contribution in [2.75, 3.05) is 13.2 Å². The zero-order valence-electron chi connectivity index (χ0n) is 6.00. The highest BCUT2D eigenvalue weighted by Crippen LogP contribution is 2.08. The molecule has 1 heterocycles. The Morgan fingerprint density at radius 2 is 2.40 bits per heavy atom. The quantitative estimate of drug-likeness (QED) is 0.525. The maximum atomic E-state index is 10.8. The molecule has 0 N–H and O–H groups in total. The first-order valence-electron chi connectivity index (χ1n) is 3.31. The molecule has 3 heteroatoms. The van der Waals surface area contributed by atoms with Crippen LogP contribution in [0.1, 0.15) is 6.92 Å². The van der Waals surface area contributed by atoms with Crippen molar-refractivity contribution in [2.45, 2.75) is 13.0 Å². The van der Waals surface area contributed by atoms with Gasteiger partial charge in [0, 0.05) is 0 Å². The molecule has 1 unspecified atom stereocenters. The second-order valence-corrected chi connectivity index (χ2v) is 2.50. The monoisotopic (exact) mass is 143 g/mol. The number of hydrogen-bond acceptors (Lipinski definition) is 3. The summed E-state index contributed by atoms with van der Waals surface area (Å²) in [5.74, 6) is -0.520. The van der Waals surface area contributed by atoms with Crippen LogP contribution < -0.4 is 0 Å². The first-order chi connectivity index (χ1) is 4.70. The Bertz CT molecular complexity index is 127. The lowest BCUT2D eigenvalue weighted by atomic mass is 10.2. The van der Waals surface area contributed by atoms with Gasteiger partial charge in [-0.15, -0.1) is 0 Å². The van der Waals surface area contributed by atoms with Crippen LogP contribution in [-0.2, 0) is 14.3 Å². The highest BCUT2D eigenvalue weighted by molar-refractivity contribution is 5.72. The molecule has 1 atom stereocenters. The number of hydrogen-bond donors (Lipinski definition) is 0. The number of rotatable bonds is 2. The molecule has 3 nitrogen and oxygen atoms in total. The van der Waals surface area contributed by atoms with E-state index in [2.05, 4.69) is 6.92 Å². The smallest absolute Gasteiger partial charge is 0.309 e. The molecule has 57 valence electrons. The van der Waals surface area contributed by atoms with Crippen molar-refractivity contribution < 1.29 is 14.3 Å². The highest BCUT2D eigenvalue weighted by Gasteiger charge is 2.23. The molecule has 0 bridgehead atoms. The molecule has 0 aliphatic carbocycles. The summed E-state index contributed by atoms with van der Waals surface area (Å²) < 4.78 is 9.74. The van der Waals surface area contributed by atoms with E-state index in [-0.39, 0.29) is 18.0 Å². The van der Waals surface area contributed by atoms with Gasteiger partial charge in [0.05, 0.1) is 19.1 Å². The summed E-state index contributed by atoms with van der Waals surface area (Å²) >= 11 is 0. The first kappa shape index (κ1) is 7.54. The van der Waals surface area contributed by atoms with Gasteiger partial charge < -0.3 is 9.47 Å². The maximum absolute atomic E-state index is 10.8. The number of ether oxygens (including phenoxy) is 2. The van der Waals surface area contributed by atoms with Gasteiger partial charge in [0.2, 0.25) is 0 Å². The zero-order valence-corrected chi connectivity index (χ0v) is 6.00. The predicted molar refractivity (Wildman–Crippen MR) is 35.2 cm³/mol. The average Bonchev–Trinajstić information content (AvgIpc) is 1.77. The van der Waals surface area contributed by atoms with E-state index >= 15 is 0 Å². The van der Waals surface area contributed by atoms with Gasteiger partial charge in [-0.05, 0) is 6.92 Å². The average molecular weight is 143 g/mol. The minimum atomic E-state index is -0.277. The predicted octanol–water partition coefficient (Wildman–Crippen LogP) is 0.399. The third-order valence-corrected chi connectivity index (χ3v) is 1.29. The van der Waals surface area contributed by atoms with Crippen molar-refractivity contribution >= 4 is 5.97 Å². The molecule has 0 aromatic rings. The zero-order chi connectivity index (χ0) is 7.56. The van der Waals surface area contributed by atoms with Crippen molar-refractivity contribution in [1.29, 1.82) is 0 Å². The van der Waals surface area contributed by atoms with Crippen LogP contribution in [0.3, 0.4) is 0 Å². The summed E-state index contributed by atoms with van der Waals surface area (Å²) in [4.78, 5) is 10.8. The molecule has 1 radical (unpaired) electrons. The summed E-state index contributed by atoms with van der Waals surface area (Å²) in [6.07, 6.45) is -0.0169. The van der Waals surface area contributed by atoms with Crippen LogP contribution in [0.4, 0.5) is 0 Å². The SMILES string of the molecule is [CH2]C(C)C(=O)OC1COC1. The van der Waals surface area contributed by atoms with E-state index in [9.17, 15) is 4.79 Å². The summed E-state index contributed by atoms with van der Waals surface area (Å²) in [6, 6.07) is 0. The summed E-state index contributed by atoms with van der Waals surface area (Å²) in [6.45, 7) is 6.32. The largest absolute Gasteiger partial charge is 0.457 e. The molecule has 1 saturated heterocycles. The van der Waals surface area contributed by atoms with Gasteiger partial charge in [0.25, 0.3) is 0 Å². The molecule has 1 rings (SSSR count). The number of carbonyl (C=O) groups excluding carboxylic acids is 1. The lowest BCUT2D eigenvalue weighted by Gasteiger charge is -2.26. The van der Waals surface area contributed by atoms with E-state index in [1.54, 1.807) is 6.92 Å². The van der Waals surface area contributed by atoms with E-state index in [0.29, 0.717) is 13.2 Å². The molecule has 0 spiro atoms. The van der Waals surface area contributed by atoms with E-state index in [1.165, 1.54) is 0 Å². The first-order valence-corrected chi connectivity index (χ1v) is 3.31. The number of esters is 1. The highest BCUT2D eigenvalue weighted by atomic mass is 16.6. The third kappa shape index (κ3) is 1.70. The maximum Gasteiger partial charge on any atom is 0.309 e. The molecule has 0 amide bonds. The van der Waals surface area contributed by atoms with Gasteiger partial charge in [-0.25, -0.2) is 0 Å². The lowest BCUT2D eigenvalue weighted by Crippen LogP contribution is -2.38. The third-order valence-electron chi connectivity index (χ3n) is 1.29. The van der Waals surface area contributed by atoms with Gasteiger partial charge in [-0.2, -0.15) is 0 Å². The molecule has 0 saturated carbocycles. The second kappa shape index (κ2) is 3.01. The molecule has 1 aliphatic rings. The van der Waals surface area contributed by atoms with Gasteiger partial charge in [-0.1, -0.05) is 6.92 Å². The van der Waals surface area contributed by atoms with E-state index in [4.69, 9.17) is 9.47 Å². The van der Waals surface area contributed by atoms with Crippen molar-refractivity contribution in [3.63, 3.8) is 0 Å². The summed E-state index contributed by atoms with van der Waals surface area (Å²) in [7, 11) is 0. The van der Waals surface area contributed by atoms with Crippen LogP contribution >= 0.6 is 0 Å².